The molecule has 38 heavy (non-hydrogen) atoms. The van der Waals surface area contributed by atoms with Gasteiger partial charge in [-0.05, 0) is 0 Å². The maximum Gasteiger partial charge on any atom is 0.335 e. The van der Waals surface area contributed by atoms with Crippen LogP contribution < -0.4 is 11.1 Å². The summed E-state index contributed by atoms with van der Waals surface area (Å²) in [5.74, 6) is -2.32. The Morgan fingerprint density at radius 2 is 1.34 bits per heavy atom. The number of carboxylic acids is 1. The Bertz CT molecular complexity index is 822. The lowest BCUT2D eigenvalue weighted by Gasteiger charge is -2.48. The van der Waals surface area contributed by atoms with Crippen LogP contribution in [0.1, 0.15) is 6.92 Å². The average molecular weight is 558 g/mol. The maximum absolute atomic E-state index is 11.7. The first-order valence-corrected chi connectivity index (χ1v) is 11.6. The summed E-state index contributed by atoms with van der Waals surface area (Å²) in [6.45, 7) is -0.512. The first-order chi connectivity index (χ1) is 17.8. The van der Waals surface area contributed by atoms with Crippen molar-refractivity contribution < 1.29 is 79.2 Å². The van der Waals surface area contributed by atoms with E-state index in [-0.39, 0.29) is 0 Å². The molecule has 0 aromatic heterocycles. The standard InChI is InChI=1S/C20H34N2O16/c1-4(25)22-8-14(9(26)5(2-23)34-18(8)33)36-20-13(30)15(10(27)6(3-24)35-20)37-19-7(21)11(28)12(29)16(38-19)17(31)32/h5-16,18-20,23-24,26-30,33H,2-3,21H2,1H3,(H,22,25)(H,31,32)/t5-,6-,7-,8-,9+,10+,11-,12+,13-,14-,15+,16+,18?,19-,20+/m1/s1. The molecule has 220 valence electrons. The zero-order valence-electron chi connectivity index (χ0n) is 20.0. The van der Waals surface area contributed by atoms with Gasteiger partial charge in [-0.15, -0.1) is 0 Å². The minimum Gasteiger partial charge on any atom is -0.479 e. The largest absolute Gasteiger partial charge is 0.479 e. The highest BCUT2D eigenvalue weighted by Crippen LogP contribution is 2.32. The molecule has 0 bridgehead atoms. The van der Waals surface area contributed by atoms with Crippen LogP contribution in [-0.2, 0) is 33.3 Å². The fourth-order valence-corrected chi connectivity index (χ4v) is 4.48. The molecule has 1 unspecified atom stereocenters. The number of aliphatic carboxylic acids is 1. The zero-order valence-corrected chi connectivity index (χ0v) is 20.0. The molecule has 12 N–H and O–H groups in total. The molecule has 0 aromatic rings. The second-order valence-electron chi connectivity index (χ2n) is 9.19. The SMILES string of the molecule is CC(=O)N[C@H]1C(O)O[C@H](CO)[C@H](O)[C@@H]1O[C@@H]1O[C@H](CO)[C@H](O)[C@H](O[C@@H]2O[C@H](C(=O)O)[C@@H](O)[C@H](O)[C@H]2N)[C@H]1O. The van der Waals surface area contributed by atoms with Crippen molar-refractivity contribution in [2.45, 2.75) is 98.9 Å². The van der Waals surface area contributed by atoms with Crippen molar-refractivity contribution in [2.24, 2.45) is 5.73 Å². The van der Waals surface area contributed by atoms with Gasteiger partial charge in [-0.3, -0.25) is 4.79 Å². The van der Waals surface area contributed by atoms with Crippen molar-refractivity contribution in [1.82, 2.24) is 5.32 Å². The van der Waals surface area contributed by atoms with Crippen LogP contribution in [0.2, 0.25) is 0 Å². The summed E-state index contributed by atoms with van der Waals surface area (Å²) >= 11 is 0. The van der Waals surface area contributed by atoms with Gasteiger partial charge in [-0.25, -0.2) is 4.79 Å². The Morgan fingerprint density at radius 1 is 0.789 bits per heavy atom. The second kappa shape index (κ2) is 12.7. The number of hydrogen-bond donors (Lipinski definition) is 11. The van der Waals surface area contributed by atoms with Gasteiger partial charge in [0.15, 0.2) is 25.0 Å². The van der Waals surface area contributed by atoms with E-state index in [2.05, 4.69) is 5.32 Å². The monoisotopic (exact) mass is 558 g/mol. The Morgan fingerprint density at radius 3 is 1.89 bits per heavy atom. The maximum atomic E-state index is 11.7. The lowest BCUT2D eigenvalue weighted by molar-refractivity contribution is -0.363. The quantitative estimate of drug-likeness (QED) is 0.132. The lowest BCUT2D eigenvalue weighted by Crippen LogP contribution is -2.69. The van der Waals surface area contributed by atoms with Gasteiger partial charge in [0, 0.05) is 6.92 Å². The number of carbonyl (C=O) groups excluding carboxylic acids is 1. The number of nitrogens with one attached hydrogen (secondary N) is 1. The van der Waals surface area contributed by atoms with Crippen molar-refractivity contribution in [3.8, 4) is 0 Å². The molecule has 0 aliphatic carbocycles. The first-order valence-electron chi connectivity index (χ1n) is 11.6. The van der Waals surface area contributed by atoms with Crippen molar-refractivity contribution in [1.29, 1.82) is 0 Å². The van der Waals surface area contributed by atoms with Gasteiger partial charge in [-0.2, -0.15) is 0 Å². The third kappa shape index (κ3) is 6.24. The van der Waals surface area contributed by atoms with E-state index in [4.69, 9.17) is 29.4 Å². The summed E-state index contributed by atoms with van der Waals surface area (Å²) in [6, 6.07) is -2.97. The first kappa shape index (κ1) is 30.9. The molecule has 18 nitrogen and oxygen atoms in total. The van der Waals surface area contributed by atoms with E-state index in [1.54, 1.807) is 0 Å². The number of carbonyl (C=O) groups is 2. The number of hydrogen-bond acceptors (Lipinski definition) is 16. The van der Waals surface area contributed by atoms with Crippen LogP contribution in [0.5, 0.6) is 0 Å². The van der Waals surface area contributed by atoms with Crippen molar-refractivity contribution >= 4 is 11.9 Å². The van der Waals surface area contributed by atoms with E-state index in [0.717, 1.165) is 6.92 Å². The minimum absolute atomic E-state index is 0.659. The average Bonchev–Trinajstić information content (AvgIpc) is 2.86. The number of rotatable bonds is 8. The Balaban J connectivity index is 1.85. The van der Waals surface area contributed by atoms with Crippen LogP contribution in [0.25, 0.3) is 0 Å². The summed E-state index contributed by atoms with van der Waals surface area (Å²) in [5, 5.41) is 93.3. The van der Waals surface area contributed by atoms with E-state index in [1.807, 2.05) is 0 Å². The highest BCUT2D eigenvalue weighted by atomic mass is 16.7. The molecule has 0 spiro atoms. The van der Waals surface area contributed by atoms with Crippen molar-refractivity contribution in [2.75, 3.05) is 13.2 Å². The minimum atomic E-state index is -1.97. The molecule has 0 aromatic carbocycles. The van der Waals surface area contributed by atoms with Crippen molar-refractivity contribution in [3.63, 3.8) is 0 Å². The molecule has 3 aliphatic heterocycles. The molecule has 3 rings (SSSR count). The summed E-state index contributed by atoms with van der Waals surface area (Å²) < 4.78 is 26.8. The number of aliphatic hydroxyl groups excluding tert-OH is 8. The number of aliphatic hydroxyl groups is 8. The molecule has 3 heterocycles. The third-order valence-corrected chi connectivity index (χ3v) is 6.54. The Labute approximate surface area is 215 Å². The van der Waals surface area contributed by atoms with E-state index in [0.29, 0.717) is 0 Å². The van der Waals surface area contributed by atoms with Gasteiger partial charge < -0.3 is 80.7 Å². The van der Waals surface area contributed by atoms with E-state index in [9.17, 15) is 55.5 Å². The van der Waals surface area contributed by atoms with Gasteiger partial charge in [0.1, 0.15) is 61.0 Å². The van der Waals surface area contributed by atoms with Gasteiger partial charge in [0.05, 0.1) is 19.3 Å². The zero-order chi connectivity index (χ0) is 28.5. The Hall–Kier alpha value is -1.62. The van der Waals surface area contributed by atoms with Gasteiger partial charge in [-0.1, -0.05) is 0 Å². The Kier molecular flexibility index (Phi) is 10.3. The highest BCUT2D eigenvalue weighted by molar-refractivity contribution is 5.73. The third-order valence-electron chi connectivity index (χ3n) is 6.54. The van der Waals surface area contributed by atoms with E-state index in [1.165, 1.54) is 0 Å². The van der Waals surface area contributed by atoms with E-state index >= 15 is 0 Å². The van der Waals surface area contributed by atoms with Crippen LogP contribution in [0.3, 0.4) is 0 Å². The number of nitrogens with two attached hydrogens (primary N) is 1. The van der Waals surface area contributed by atoms with Crippen LogP contribution in [-0.4, -0.2) is 163 Å². The van der Waals surface area contributed by atoms with Gasteiger partial charge >= 0.3 is 5.97 Å². The summed E-state index contributed by atoms with van der Waals surface area (Å²) in [7, 11) is 0. The summed E-state index contributed by atoms with van der Waals surface area (Å²) in [4.78, 5) is 23.1. The molecule has 15 atom stereocenters. The number of ether oxygens (including phenoxy) is 5. The highest BCUT2D eigenvalue weighted by Gasteiger charge is 2.54. The molecular weight excluding hydrogens is 524 g/mol. The molecule has 18 heteroatoms. The molecule has 0 saturated carbocycles. The molecule has 3 saturated heterocycles. The fraction of sp³-hybridized carbons (Fsp3) is 0.900. The van der Waals surface area contributed by atoms with Crippen LogP contribution in [0.15, 0.2) is 0 Å². The van der Waals surface area contributed by atoms with Crippen LogP contribution in [0.4, 0.5) is 0 Å². The van der Waals surface area contributed by atoms with Gasteiger partial charge in [0.2, 0.25) is 5.91 Å². The predicted octanol–water partition coefficient (Wildman–Crippen LogP) is -7.37. The fourth-order valence-electron chi connectivity index (χ4n) is 4.48. The molecule has 0 radical (unpaired) electrons. The topological polar surface area (TPSA) is 300 Å². The molecule has 1 amide bonds. The normalized spacial score (nSPS) is 47.9. The number of carboxylic acid groups (broad SMARTS) is 1. The van der Waals surface area contributed by atoms with Crippen LogP contribution >= 0.6 is 0 Å². The van der Waals surface area contributed by atoms with Gasteiger partial charge in [0.25, 0.3) is 0 Å². The van der Waals surface area contributed by atoms with Crippen molar-refractivity contribution in [3.05, 3.63) is 0 Å². The second-order valence-corrected chi connectivity index (χ2v) is 9.19. The molecular formula is C20H34N2O16. The lowest BCUT2D eigenvalue weighted by atomic mass is 9.94. The summed E-state index contributed by atoms with van der Waals surface area (Å²) in [6.07, 6.45) is -22.8. The smallest absolute Gasteiger partial charge is 0.335 e. The van der Waals surface area contributed by atoms with Crippen LogP contribution in [0, 0.1) is 0 Å². The summed E-state index contributed by atoms with van der Waals surface area (Å²) in [5.41, 5.74) is 5.80. The molecule has 3 fully saturated rings. The van der Waals surface area contributed by atoms with E-state index < -0.39 is 117 Å². The predicted molar refractivity (Wildman–Crippen MR) is 115 cm³/mol. The number of amides is 1. The molecule has 3 aliphatic rings.